The predicted molar refractivity (Wildman–Crippen MR) is 83.2 cm³/mol. The van der Waals surface area contributed by atoms with Gasteiger partial charge in [-0.05, 0) is 36.8 Å². The summed E-state index contributed by atoms with van der Waals surface area (Å²) in [7, 11) is 0. The highest BCUT2D eigenvalue weighted by molar-refractivity contribution is 6.31. The van der Waals surface area contributed by atoms with E-state index < -0.39 is 0 Å². The number of halogens is 1. The molecule has 0 fully saturated rings. The third kappa shape index (κ3) is 2.03. The molecule has 0 radical (unpaired) electrons. The van der Waals surface area contributed by atoms with Crippen molar-refractivity contribution in [3.63, 3.8) is 0 Å². The van der Waals surface area contributed by atoms with Crippen molar-refractivity contribution in [2.45, 2.75) is 6.92 Å². The number of anilines is 1. The number of hydrogen-bond acceptors (Lipinski definition) is 4. The molecule has 1 aromatic heterocycles. The van der Waals surface area contributed by atoms with Crippen LogP contribution in [-0.2, 0) is 0 Å². The van der Waals surface area contributed by atoms with Crippen LogP contribution >= 0.6 is 11.6 Å². The molecule has 0 bridgehead atoms. The Balaban J connectivity index is 1.93. The Kier molecular flexibility index (Phi) is 2.79. The zero-order chi connectivity index (χ0) is 14.4. The summed E-state index contributed by atoms with van der Waals surface area (Å²) in [6, 6.07) is 9.59. The first kappa shape index (κ1) is 12.5. The van der Waals surface area contributed by atoms with E-state index in [1.54, 1.807) is 0 Å². The Labute approximate surface area is 126 Å². The van der Waals surface area contributed by atoms with Gasteiger partial charge in [0, 0.05) is 11.6 Å². The largest absolute Gasteiger partial charge is 0.489 e. The maximum atomic E-state index is 6.08. The van der Waals surface area contributed by atoms with Crippen LogP contribution in [0.5, 0.6) is 5.75 Å². The van der Waals surface area contributed by atoms with Crippen molar-refractivity contribution in [2.75, 3.05) is 18.5 Å². The van der Waals surface area contributed by atoms with Crippen LogP contribution < -0.4 is 10.1 Å². The molecule has 0 aliphatic carbocycles. The van der Waals surface area contributed by atoms with Gasteiger partial charge in [0.25, 0.3) is 0 Å². The zero-order valence-electron chi connectivity index (χ0n) is 11.4. The summed E-state index contributed by atoms with van der Waals surface area (Å²) in [5, 5.41) is 3.97. The van der Waals surface area contributed by atoms with E-state index in [2.05, 4.69) is 10.3 Å². The van der Waals surface area contributed by atoms with Gasteiger partial charge in [0.15, 0.2) is 11.3 Å². The Morgan fingerprint density at radius 1 is 1.29 bits per heavy atom. The molecule has 5 heteroatoms. The minimum absolute atomic E-state index is 0.552. The van der Waals surface area contributed by atoms with E-state index in [9.17, 15) is 0 Å². The number of aryl methyl sites for hydroxylation is 1. The van der Waals surface area contributed by atoms with Crippen molar-refractivity contribution in [3.05, 3.63) is 40.9 Å². The number of nitrogens with zero attached hydrogens (tertiary/aromatic N) is 1. The lowest BCUT2D eigenvalue weighted by atomic mass is 10.1. The molecule has 0 saturated heterocycles. The van der Waals surface area contributed by atoms with E-state index in [0.717, 1.165) is 40.2 Å². The minimum Gasteiger partial charge on any atom is -0.489 e. The number of oxazole rings is 1. The average Bonchev–Trinajstić information content (AvgIpc) is 2.90. The number of rotatable bonds is 1. The molecule has 21 heavy (non-hydrogen) atoms. The van der Waals surface area contributed by atoms with Crippen LogP contribution in [0.2, 0.25) is 5.02 Å². The van der Waals surface area contributed by atoms with Crippen LogP contribution in [0.1, 0.15) is 5.56 Å². The lowest BCUT2D eigenvalue weighted by molar-refractivity contribution is 0.324. The molecule has 4 nitrogen and oxygen atoms in total. The molecule has 4 rings (SSSR count). The van der Waals surface area contributed by atoms with Crippen LogP contribution in [-0.4, -0.2) is 18.1 Å². The van der Waals surface area contributed by atoms with Crippen molar-refractivity contribution in [1.29, 1.82) is 0 Å². The number of nitrogens with one attached hydrogen (secondary N) is 1. The molecule has 0 saturated carbocycles. The van der Waals surface area contributed by atoms with Gasteiger partial charge in [-0.3, -0.25) is 0 Å². The van der Waals surface area contributed by atoms with Gasteiger partial charge in [-0.1, -0.05) is 17.7 Å². The van der Waals surface area contributed by atoms with Crippen molar-refractivity contribution >= 4 is 28.4 Å². The number of fused-ring (bicyclic) bond motifs is 2. The Morgan fingerprint density at radius 2 is 2.19 bits per heavy atom. The van der Waals surface area contributed by atoms with Gasteiger partial charge >= 0.3 is 0 Å². The zero-order valence-corrected chi connectivity index (χ0v) is 12.2. The van der Waals surface area contributed by atoms with Crippen LogP contribution in [0.15, 0.2) is 34.7 Å². The molecule has 1 aliphatic rings. The van der Waals surface area contributed by atoms with Gasteiger partial charge in [-0.2, -0.15) is 0 Å². The molecule has 1 N–H and O–H groups in total. The molecule has 2 heterocycles. The first-order valence-corrected chi connectivity index (χ1v) is 7.17. The topological polar surface area (TPSA) is 47.3 Å². The lowest BCUT2D eigenvalue weighted by Crippen LogP contribution is -2.18. The van der Waals surface area contributed by atoms with Crippen molar-refractivity contribution in [2.24, 2.45) is 0 Å². The highest BCUT2D eigenvalue weighted by atomic mass is 35.5. The SMILES string of the molecule is Cc1cc(Cl)cc2nc(-c3cccc4c3OCCN4)oc12. The average molecular weight is 301 g/mol. The fourth-order valence-corrected chi connectivity index (χ4v) is 2.88. The van der Waals surface area contributed by atoms with E-state index in [1.165, 1.54) is 0 Å². The van der Waals surface area contributed by atoms with Crippen molar-refractivity contribution < 1.29 is 9.15 Å². The summed E-state index contributed by atoms with van der Waals surface area (Å²) in [6.45, 7) is 3.40. The van der Waals surface area contributed by atoms with E-state index in [1.807, 2.05) is 37.3 Å². The smallest absolute Gasteiger partial charge is 0.231 e. The molecule has 2 aromatic carbocycles. The molecular formula is C16H13ClN2O2. The first-order chi connectivity index (χ1) is 10.2. The molecule has 1 aliphatic heterocycles. The second-order valence-corrected chi connectivity index (χ2v) is 5.48. The summed E-state index contributed by atoms with van der Waals surface area (Å²) in [6.07, 6.45) is 0. The quantitative estimate of drug-likeness (QED) is 0.729. The normalized spacial score (nSPS) is 13.6. The minimum atomic E-state index is 0.552. The van der Waals surface area contributed by atoms with Gasteiger partial charge in [0.1, 0.15) is 12.1 Å². The van der Waals surface area contributed by atoms with Crippen LogP contribution in [0, 0.1) is 6.92 Å². The fourth-order valence-electron chi connectivity index (χ4n) is 2.61. The second-order valence-electron chi connectivity index (χ2n) is 5.05. The summed E-state index contributed by atoms with van der Waals surface area (Å²) < 4.78 is 11.7. The van der Waals surface area contributed by atoms with Gasteiger partial charge in [0.2, 0.25) is 5.89 Å². The fraction of sp³-hybridized carbons (Fsp3) is 0.188. The maximum absolute atomic E-state index is 6.08. The molecule has 106 valence electrons. The van der Waals surface area contributed by atoms with Crippen molar-refractivity contribution in [1.82, 2.24) is 4.98 Å². The monoisotopic (exact) mass is 300 g/mol. The van der Waals surface area contributed by atoms with Crippen LogP contribution in [0.3, 0.4) is 0 Å². The lowest BCUT2D eigenvalue weighted by Gasteiger charge is -2.20. The van der Waals surface area contributed by atoms with Crippen molar-refractivity contribution in [3.8, 4) is 17.2 Å². The predicted octanol–water partition coefficient (Wildman–Crippen LogP) is 4.26. The standard InChI is InChI=1S/C16H13ClN2O2/c1-9-7-10(17)8-13-14(9)21-16(19-13)11-3-2-4-12-15(11)20-6-5-18-12/h2-4,7-8,18H,5-6H2,1H3. The van der Waals surface area contributed by atoms with Gasteiger partial charge < -0.3 is 14.5 Å². The summed E-state index contributed by atoms with van der Waals surface area (Å²) in [4.78, 5) is 4.55. The summed E-state index contributed by atoms with van der Waals surface area (Å²) >= 11 is 6.08. The second kappa shape index (κ2) is 4.67. The van der Waals surface area contributed by atoms with Crippen LogP contribution in [0.25, 0.3) is 22.6 Å². The summed E-state index contributed by atoms with van der Waals surface area (Å²) in [5.41, 5.74) is 4.31. The highest BCUT2D eigenvalue weighted by Gasteiger charge is 2.19. The number of ether oxygens (including phenoxy) is 1. The number of aromatic nitrogens is 1. The van der Waals surface area contributed by atoms with Gasteiger partial charge in [-0.25, -0.2) is 4.98 Å². The number of benzene rings is 2. The molecule has 0 amide bonds. The third-order valence-electron chi connectivity index (χ3n) is 3.55. The molecule has 0 atom stereocenters. The Bertz CT molecular complexity index is 842. The maximum Gasteiger partial charge on any atom is 0.231 e. The first-order valence-electron chi connectivity index (χ1n) is 6.79. The van der Waals surface area contributed by atoms with E-state index in [-0.39, 0.29) is 0 Å². The molecule has 0 spiro atoms. The van der Waals surface area contributed by atoms with E-state index in [4.69, 9.17) is 20.8 Å². The Hall–Kier alpha value is -2.20. The molecule has 3 aromatic rings. The summed E-state index contributed by atoms with van der Waals surface area (Å²) in [5.74, 6) is 1.34. The molecule has 0 unspecified atom stereocenters. The Morgan fingerprint density at radius 3 is 3.10 bits per heavy atom. The highest BCUT2D eigenvalue weighted by Crippen LogP contribution is 2.39. The van der Waals surface area contributed by atoms with E-state index in [0.29, 0.717) is 17.5 Å². The van der Waals surface area contributed by atoms with Gasteiger partial charge in [0.05, 0.1) is 11.3 Å². The van der Waals surface area contributed by atoms with Crippen LogP contribution in [0.4, 0.5) is 5.69 Å². The van der Waals surface area contributed by atoms with E-state index >= 15 is 0 Å². The third-order valence-corrected chi connectivity index (χ3v) is 3.77. The molecular weight excluding hydrogens is 288 g/mol. The number of para-hydroxylation sites is 1. The van der Waals surface area contributed by atoms with Gasteiger partial charge in [-0.15, -0.1) is 0 Å². The number of hydrogen-bond donors (Lipinski definition) is 1.